The van der Waals surface area contributed by atoms with Crippen molar-refractivity contribution in [1.29, 1.82) is 0 Å². The normalized spacial score (nSPS) is 36.4. The van der Waals surface area contributed by atoms with Crippen molar-refractivity contribution in [2.45, 2.75) is 30.3 Å². The average molecular weight is 202 g/mol. The van der Waals surface area contributed by atoms with Gasteiger partial charge in [0.1, 0.15) is 5.78 Å². The molecule has 1 heterocycles. The zero-order chi connectivity index (χ0) is 8.55. The van der Waals surface area contributed by atoms with Crippen molar-refractivity contribution in [3.8, 4) is 0 Å². The predicted molar refractivity (Wildman–Crippen MR) is 55.9 cm³/mol. The molecular weight excluding hydrogens is 188 g/mol. The Morgan fingerprint density at radius 3 is 2.50 bits per heavy atom. The highest BCUT2D eigenvalue weighted by molar-refractivity contribution is 8.07. The number of carbonyl (C=O) groups is 1. The van der Waals surface area contributed by atoms with Crippen molar-refractivity contribution in [2.75, 3.05) is 11.5 Å². The lowest BCUT2D eigenvalue weighted by molar-refractivity contribution is -0.119. The molecule has 68 valence electrons. The van der Waals surface area contributed by atoms with Crippen LogP contribution in [0.15, 0.2) is 0 Å². The first-order valence-corrected chi connectivity index (χ1v) is 6.65. The van der Waals surface area contributed by atoms with E-state index in [1.165, 1.54) is 5.75 Å². The number of rotatable bonds is 2. The molecule has 0 spiro atoms. The Balaban J connectivity index is 1.95. The molecule has 1 saturated heterocycles. The first-order chi connectivity index (χ1) is 5.79. The third-order valence-corrected chi connectivity index (χ3v) is 5.56. The third-order valence-electron chi connectivity index (χ3n) is 2.45. The van der Waals surface area contributed by atoms with Gasteiger partial charge in [-0.25, -0.2) is 0 Å². The smallest absolute Gasteiger partial charge is 0.149 e. The molecular formula is C9H14OS2. The predicted octanol–water partition coefficient (Wildman–Crippen LogP) is 2.20. The van der Waals surface area contributed by atoms with E-state index >= 15 is 0 Å². The summed E-state index contributed by atoms with van der Waals surface area (Å²) >= 11 is 3.84. The molecule has 2 atom stereocenters. The summed E-state index contributed by atoms with van der Waals surface area (Å²) in [4.78, 5) is 11.7. The van der Waals surface area contributed by atoms with E-state index in [1.807, 2.05) is 23.5 Å². The standard InChI is InChI=1S/C9H14OS2/c1-6-9(12-5-4-11-6)8(10)7-2-3-7/h6-7,9H,2-5H2,1H3. The quantitative estimate of drug-likeness (QED) is 0.683. The Hall–Kier alpha value is 0.370. The largest absolute Gasteiger partial charge is 0.298 e. The van der Waals surface area contributed by atoms with Crippen LogP contribution in [0.1, 0.15) is 19.8 Å². The van der Waals surface area contributed by atoms with Crippen LogP contribution in [-0.4, -0.2) is 27.8 Å². The van der Waals surface area contributed by atoms with Crippen LogP contribution < -0.4 is 0 Å². The summed E-state index contributed by atoms with van der Waals surface area (Å²) in [5.41, 5.74) is 0. The van der Waals surface area contributed by atoms with Gasteiger partial charge >= 0.3 is 0 Å². The van der Waals surface area contributed by atoms with Crippen molar-refractivity contribution >= 4 is 29.3 Å². The summed E-state index contributed by atoms with van der Waals surface area (Å²) in [5.74, 6) is 3.38. The minimum Gasteiger partial charge on any atom is -0.298 e. The SMILES string of the molecule is CC1SCCSC1C(=O)C1CC1. The van der Waals surface area contributed by atoms with E-state index in [1.54, 1.807) is 0 Å². The van der Waals surface area contributed by atoms with Crippen LogP contribution >= 0.6 is 23.5 Å². The molecule has 1 aliphatic heterocycles. The van der Waals surface area contributed by atoms with Crippen LogP contribution in [0.2, 0.25) is 0 Å². The van der Waals surface area contributed by atoms with Crippen molar-refractivity contribution < 1.29 is 4.79 Å². The minimum atomic E-state index is 0.316. The molecule has 0 N–H and O–H groups in total. The Morgan fingerprint density at radius 1 is 1.25 bits per heavy atom. The molecule has 0 bridgehead atoms. The van der Waals surface area contributed by atoms with Gasteiger partial charge in [0.05, 0.1) is 5.25 Å². The van der Waals surface area contributed by atoms with E-state index < -0.39 is 0 Å². The summed E-state index contributed by atoms with van der Waals surface area (Å²) in [7, 11) is 0. The van der Waals surface area contributed by atoms with Gasteiger partial charge in [-0.15, -0.1) is 11.8 Å². The van der Waals surface area contributed by atoms with Crippen LogP contribution in [0.5, 0.6) is 0 Å². The number of hydrogen-bond donors (Lipinski definition) is 0. The van der Waals surface area contributed by atoms with Gasteiger partial charge in [0.25, 0.3) is 0 Å². The second-order valence-electron chi connectivity index (χ2n) is 3.54. The molecule has 0 radical (unpaired) electrons. The Bertz CT molecular complexity index is 189. The van der Waals surface area contributed by atoms with Crippen molar-refractivity contribution in [3.63, 3.8) is 0 Å². The maximum Gasteiger partial charge on any atom is 0.149 e. The van der Waals surface area contributed by atoms with Gasteiger partial charge in [0.2, 0.25) is 0 Å². The highest BCUT2D eigenvalue weighted by Gasteiger charge is 2.38. The molecule has 2 aliphatic rings. The van der Waals surface area contributed by atoms with Crippen LogP contribution in [0, 0.1) is 5.92 Å². The molecule has 0 aromatic rings. The molecule has 2 rings (SSSR count). The molecule has 1 nitrogen and oxygen atoms in total. The second kappa shape index (κ2) is 3.62. The van der Waals surface area contributed by atoms with Crippen LogP contribution in [0.3, 0.4) is 0 Å². The number of ketones is 1. The summed E-state index contributed by atoms with van der Waals surface area (Å²) in [6.07, 6.45) is 2.32. The minimum absolute atomic E-state index is 0.316. The van der Waals surface area contributed by atoms with Gasteiger partial charge < -0.3 is 0 Å². The molecule has 1 aliphatic carbocycles. The lowest BCUT2D eigenvalue weighted by atomic mass is 10.1. The van der Waals surface area contributed by atoms with Gasteiger partial charge in [-0.2, -0.15) is 11.8 Å². The van der Waals surface area contributed by atoms with Crippen LogP contribution in [0.4, 0.5) is 0 Å². The second-order valence-corrected chi connectivity index (χ2v) is 6.28. The van der Waals surface area contributed by atoms with E-state index in [-0.39, 0.29) is 0 Å². The fourth-order valence-corrected chi connectivity index (χ4v) is 4.35. The van der Waals surface area contributed by atoms with E-state index in [2.05, 4.69) is 6.92 Å². The molecule has 1 saturated carbocycles. The Morgan fingerprint density at radius 2 is 1.92 bits per heavy atom. The first-order valence-electron chi connectivity index (χ1n) is 4.56. The Kier molecular flexibility index (Phi) is 2.70. The fraction of sp³-hybridized carbons (Fsp3) is 0.889. The van der Waals surface area contributed by atoms with E-state index in [0.717, 1.165) is 18.6 Å². The topological polar surface area (TPSA) is 17.1 Å². The lowest BCUT2D eigenvalue weighted by Gasteiger charge is -2.26. The van der Waals surface area contributed by atoms with Gasteiger partial charge in [0, 0.05) is 22.7 Å². The average Bonchev–Trinajstić information content (AvgIpc) is 2.86. The van der Waals surface area contributed by atoms with Gasteiger partial charge in [-0.05, 0) is 12.8 Å². The third kappa shape index (κ3) is 1.82. The van der Waals surface area contributed by atoms with E-state index in [0.29, 0.717) is 22.2 Å². The number of Topliss-reactive ketones (excluding diaryl/α,β-unsaturated/α-hetero) is 1. The summed E-state index contributed by atoms with van der Waals surface area (Å²) in [6, 6.07) is 0. The fourth-order valence-electron chi connectivity index (χ4n) is 1.55. The zero-order valence-corrected chi connectivity index (χ0v) is 8.92. The molecule has 12 heavy (non-hydrogen) atoms. The summed E-state index contributed by atoms with van der Waals surface area (Å²) in [5, 5.41) is 0.869. The lowest BCUT2D eigenvalue weighted by Crippen LogP contribution is -2.32. The summed E-state index contributed by atoms with van der Waals surface area (Å²) < 4.78 is 0. The van der Waals surface area contributed by atoms with Crippen LogP contribution in [-0.2, 0) is 4.79 Å². The van der Waals surface area contributed by atoms with E-state index in [9.17, 15) is 4.79 Å². The molecule has 0 amide bonds. The number of carbonyl (C=O) groups excluding carboxylic acids is 1. The maximum absolute atomic E-state index is 11.7. The molecule has 0 aromatic carbocycles. The molecule has 2 unspecified atom stereocenters. The van der Waals surface area contributed by atoms with Gasteiger partial charge in [-0.1, -0.05) is 6.92 Å². The van der Waals surface area contributed by atoms with Crippen molar-refractivity contribution in [1.82, 2.24) is 0 Å². The number of hydrogen-bond acceptors (Lipinski definition) is 3. The van der Waals surface area contributed by atoms with Crippen molar-refractivity contribution in [3.05, 3.63) is 0 Å². The highest BCUT2D eigenvalue weighted by Crippen LogP contribution is 2.39. The zero-order valence-electron chi connectivity index (χ0n) is 7.29. The molecule has 0 aromatic heterocycles. The monoisotopic (exact) mass is 202 g/mol. The molecule has 2 fully saturated rings. The van der Waals surface area contributed by atoms with Crippen LogP contribution in [0.25, 0.3) is 0 Å². The first kappa shape index (κ1) is 8.95. The molecule has 3 heteroatoms. The maximum atomic E-state index is 11.7. The van der Waals surface area contributed by atoms with Crippen molar-refractivity contribution in [2.24, 2.45) is 5.92 Å². The highest BCUT2D eigenvalue weighted by atomic mass is 32.2. The van der Waals surface area contributed by atoms with E-state index in [4.69, 9.17) is 0 Å². The summed E-state index contributed by atoms with van der Waals surface area (Å²) in [6.45, 7) is 2.20. The Labute approximate surface area is 82.1 Å². The van der Waals surface area contributed by atoms with Gasteiger partial charge in [0.15, 0.2) is 0 Å². The van der Waals surface area contributed by atoms with Gasteiger partial charge in [-0.3, -0.25) is 4.79 Å². The number of thioether (sulfide) groups is 2.